The fourth-order valence-corrected chi connectivity index (χ4v) is 2.52. The van der Waals surface area contributed by atoms with Crippen molar-refractivity contribution in [3.05, 3.63) is 23.8 Å². The van der Waals surface area contributed by atoms with Crippen molar-refractivity contribution in [2.45, 2.75) is 32.3 Å². The zero-order valence-corrected chi connectivity index (χ0v) is 10.0. The first kappa shape index (κ1) is 11.3. The van der Waals surface area contributed by atoms with Crippen LogP contribution < -0.4 is 10.6 Å². The van der Waals surface area contributed by atoms with E-state index >= 15 is 0 Å². The van der Waals surface area contributed by atoms with Crippen molar-refractivity contribution >= 4 is 11.4 Å². The van der Waals surface area contributed by atoms with Gasteiger partial charge in [0, 0.05) is 13.1 Å². The van der Waals surface area contributed by atoms with E-state index < -0.39 is 5.60 Å². The summed E-state index contributed by atoms with van der Waals surface area (Å²) in [5.74, 6) is 0. The Labute approximate surface area is 96.9 Å². The molecule has 88 valence electrons. The summed E-state index contributed by atoms with van der Waals surface area (Å²) in [6, 6.07) is 5.96. The zero-order valence-electron chi connectivity index (χ0n) is 10.0. The van der Waals surface area contributed by atoms with Crippen LogP contribution in [-0.2, 0) is 0 Å². The van der Waals surface area contributed by atoms with Gasteiger partial charge in [-0.05, 0) is 38.3 Å². The van der Waals surface area contributed by atoms with Crippen LogP contribution in [0.4, 0.5) is 11.4 Å². The fourth-order valence-electron chi connectivity index (χ4n) is 2.52. The first-order valence-corrected chi connectivity index (χ1v) is 5.82. The number of para-hydroxylation sites is 1. The number of nitrogens with zero attached hydrogens (tertiary/aromatic N) is 1. The van der Waals surface area contributed by atoms with Crippen LogP contribution in [0.15, 0.2) is 18.2 Å². The molecule has 0 aliphatic carbocycles. The summed E-state index contributed by atoms with van der Waals surface area (Å²) in [7, 11) is 0. The molecule has 0 aromatic heterocycles. The molecule has 3 nitrogen and oxygen atoms in total. The maximum Gasteiger partial charge on any atom is 0.0794 e. The zero-order chi connectivity index (χ0) is 11.8. The number of anilines is 2. The van der Waals surface area contributed by atoms with Crippen molar-refractivity contribution in [3.8, 4) is 0 Å². The highest BCUT2D eigenvalue weighted by atomic mass is 16.3. The van der Waals surface area contributed by atoms with Gasteiger partial charge < -0.3 is 15.7 Å². The van der Waals surface area contributed by atoms with Crippen LogP contribution in [0.3, 0.4) is 0 Å². The molecule has 0 saturated carbocycles. The Morgan fingerprint density at radius 2 is 2.19 bits per heavy atom. The summed E-state index contributed by atoms with van der Waals surface area (Å²) < 4.78 is 0. The molecule has 3 N–H and O–H groups in total. The summed E-state index contributed by atoms with van der Waals surface area (Å²) in [5, 5.41) is 10.1. The topological polar surface area (TPSA) is 49.5 Å². The maximum atomic E-state index is 10.1. The van der Waals surface area contributed by atoms with Crippen molar-refractivity contribution in [1.29, 1.82) is 0 Å². The van der Waals surface area contributed by atoms with Gasteiger partial charge in [-0.1, -0.05) is 12.1 Å². The van der Waals surface area contributed by atoms with Gasteiger partial charge in [-0.25, -0.2) is 0 Å². The molecule has 1 aliphatic heterocycles. The highest BCUT2D eigenvalue weighted by Gasteiger charge is 2.29. The molecule has 0 spiro atoms. The number of hydrogen-bond donors (Lipinski definition) is 2. The molecule has 1 aliphatic rings. The third kappa shape index (κ3) is 2.14. The highest BCUT2D eigenvalue weighted by molar-refractivity contribution is 5.71. The maximum absolute atomic E-state index is 10.1. The lowest BCUT2D eigenvalue weighted by atomic mass is 9.94. The highest BCUT2D eigenvalue weighted by Crippen LogP contribution is 2.32. The van der Waals surface area contributed by atoms with Crippen LogP contribution in [0, 0.1) is 6.92 Å². The van der Waals surface area contributed by atoms with Crippen LogP contribution in [0.5, 0.6) is 0 Å². The van der Waals surface area contributed by atoms with Gasteiger partial charge in [0.05, 0.1) is 17.0 Å². The van der Waals surface area contributed by atoms with Crippen LogP contribution >= 0.6 is 0 Å². The summed E-state index contributed by atoms with van der Waals surface area (Å²) in [6.07, 6.45) is 1.88. The molecule has 1 saturated heterocycles. The molecule has 0 radical (unpaired) electrons. The molecule has 1 aromatic rings. The number of rotatable bonds is 1. The van der Waals surface area contributed by atoms with E-state index in [9.17, 15) is 5.11 Å². The van der Waals surface area contributed by atoms with Crippen molar-refractivity contribution in [1.82, 2.24) is 0 Å². The lowest BCUT2D eigenvalue weighted by Gasteiger charge is -2.39. The van der Waals surface area contributed by atoms with E-state index in [0.29, 0.717) is 6.54 Å². The normalized spacial score (nSPS) is 25.8. The van der Waals surface area contributed by atoms with Crippen LogP contribution in [0.1, 0.15) is 25.3 Å². The van der Waals surface area contributed by atoms with Crippen molar-refractivity contribution in [2.75, 3.05) is 23.7 Å². The molecule has 1 heterocycles. The van der Waals surface area contributed by atoms with Crippen LogP contribution in [-0.4, -0.2) is 23.8 Å². The number of β-amino-alcohol motifs (C(OH)–C–C–N with tert-alkyl or cyclic N) is 1. The minimum Gasteiger partial charge on any atom is -0.397 e. The number of nitrogens with two attached hydrogens (primary N) is 1. The van der Waals surface area contributed by atoms with Gasteiger partial charge in [0.15, 0.2) is 0 Å². The lowest BCUT2D eigenvalue weighted by Crippen LogP contribution is -2.46. The van der Waals surface area contributed by atoms with Gasteiger partial charge in [0.25, 0.3) is 0 Å². The third-order valence-corrected chi connectivity index (χ3v) is 3.26. The quantitative estimate of drug-likeness (QED) is 0.711. The van der Waals surface area contributed by atoms with E-state index in [2.05, 4.69) is 17.9 Å². The SMILES string of the molecule is Cc1cccc(N)c1N1CCCC(C)(O)C1. The molecule has 3 heteroatoms. The average Bonchev–Trinajstić information content (AvgIpc) is 2.15. The van der Waals surface area contributed by atoms with E-state index in [-0.39, 0.29) is 0 Å². The first-order valence-electron chi connectivity index (χ1n) is 5.82. The minimum atomic E-state index is -0.590. The summed E-state index contributed by atoms with van der Waals surface area (Å²) in [5.41, 5.74) is 8.49. The predicted molar refractivity (Wildman–Crippen MR) is 67.7 cm³/mol. The van der Waals surface area contributed by atoms with Gasteiger partial charge in [-0.15, -0.1) is 0 Å². The van der Waals surface area contributed by atoms with Gasteiger partial charge in [0.1, 0.15) is 0 Å². The number of benzene rings is 1. The second-order valence-electron chi connectivity index (χ2n) is 5.03. The molecule has 0 amide bonds. The lowest BCUT2D eigenvalue weighted by molar-refractivity contribution is 0.0449. The summed E-state index contributed by atoms with van der Waals surface area (Å²) >= 11 is 0. The predicted octanol–water partition coefficient (Wildman–Crippen LogP) is 1.93. The molecule has 16 heavy (non-hydrogen) atoms. The van der Waals surface area contributed by atoms with E-state index in [1.807, 2.05) is 19.1 Å². The molecule has 1 aromatic carbocycles. The Morgan fingerprint density at radius 3 is 2.81 bits per heavy atom. The van der Waals surface area contributed by atoms with Gasteiger partial charge in [-0.3, -0.25) is 0 Å². The molecule has 1 fully saturated rings. The molecule has 1 unspecified atom stereocenters. The number of hydrogen-bond acceptors (Lipinski definition) is 3. The van der Waals surface area contributed by atoms with Crippen LogP contribution in [0.25, 0.3) is 0 Å². The average molecular weight is 220 g/mol. The molecule has 2 rings (SSSR count). The Bertz CT molecular complexity index is 367. The van der Waals surface area contributed by atoms with E-state index in [0.717, 1.165) is 30.8 Å². The summed E-state index contributed by atoms with van der Waals surface area (Å²) in [6.45, 7) is 5.61. The van der Waals surface area contributed by atoms with E-state index in [1.54, 1.807) is 0 Å². The monoisotopic (exact) mass is 220 g/mol. The Hall–Kier alpha value is -1.22. The number of piperidine rings is 1. The Balaban J connectivity index is 2.30. The molecule has 1 atom stereocenters. The second-order valence-corrected chi connectivity index (χ2v) is 5.03. The Kier molecular flexibility index (Phi) is 2.80. The van der Waals surface area contributed by atoms with Gasteiger partial charge >= 0.3 is 0 Å². The molecule has 0 bridgehead atoms. The van der Waals surface area contributed by atoms with E-state index in [4.69, 9.17) is 5.73 Å². The van der Waals surface area contributed by atoms with Crippen LogP contribution in [0.2, 0.25) is 0 Å². The van der Waals surface area contributed by atoms with Crippen molar-refractivity contribution in [2.24, 2.45) is 0 Å². The third-order valence-electron chi connectivity index (χ3n) is 3.26. The number of aryl methyl sites for hydroxylation is 1. The second kappa shape index (κ2) is 3.98. The summed E-state index contributed by atoms with van der Waals surface area (Å²) in [4.78, 5) is 2.20. The Morgan fingerprint density at radius 1 is 1.44 bits per heavy atom. The fraction of sp³-hybridized carbons (Fsp3) is 0.538. The van der Waals surface area contributed by atoms with Gasteiger partial charge in [0.2, 0.25) is 0 Å². The standard InChI is InChI=1S/C13H20N2O/c1-10-5-3-6-11(14)12(10)15-8-4-7-13(2,16)9-15/h3,5-6,16H,4,7-9,14H2,1-2H3. The minimum absolute atomic E-state index is 0.590. The molecular formula is C13H20N2O. The number of nitrogen functional groups attached to an aromatic ring is 1. The number of aliphatic hydroxyl groups is 1. The first-order chi connectivity index (χ1) is 7.49. The smallest absolute Gasteiger partial charge is 0.0794 e. The van der Waals surface area contributed by atoms with Gasteiger partial charge in [-0.2, -0.15) is 0 Å². The van der Waals surface area contributed by atoms with Crippen molar-refractivity contribution in [3.63, 3.8) is 0 Å². The van der Waals surface area contributed by atoms with E-state index in [1.165, 1.54) is 5.56 Å². The molecular weight excluding hydrogens is 200 g/mol. The van der Waals surface area contributed by atoms with Crippen molar-refractivity contribution < 1.29 is 5.11 Å². The largest absolute Gasteiger partial charge is 0.397 e.